The Labute approximate surface area is 96.7 Å². The van der Waals surface area contributed by atoms with Gasteiger partial charge in [-0.1, -0.05) is 12.2 Å². The standard InChI is InChI=1S/C12H11F3O2/c1-17-4-2-3-9-5-10(8-16)7-11(6-9)12(13,14)15/h2-3,5-8H,4H2,1H3/b3-2+. The van der Waals surface area contributed by atoms with E-state index in [1.165, 1.54) is 19.3 Å². The van der Waals surface area contributed by atoms with E-state index in [-0.39, 0.29) is 5.56 Å². The normalized spacial score (nSPS) is 12.0. The van der Waals surface area contributed by atoms with Gasteiger partial charge < -0.3 is 4.74 Å². The minimum absolute atomic E-state index is 0.00288. The maximum atomic E-state index is 12.5. The van der Waals surface area contributed by atoms with Crippen molar-refractivity contribution in [2.45, 2.75) is 6.18 Å². The van der Waals surface area contributed by atoms with E-state index in [9.17, 15) is 18.0 Å². The highest BCUT2D eigenvalue weighted by Gasteiger charge is 2.30. The van der Waals surface area contributed by atoms with E-state index >= 15 is 0 Å². The van der Waals surface area contributed by atoms with Crippen molar-refractivity contribution in [3.05, 3.63) is 41.0 Å². The fourth-order valence-corrected chi connectivity index (χ4v) is 1.28. The summed E-state index contributed by atoms with van der Waals surface area (Å²) in [6.45, 7) is 0.298. The van der Waals surface area contributed by atoms with Crippen LogP contribution in [0.2, 0.25) is 0 Å². The van der Waals surface area contributed by atoms with Crippen LogP contribution < -0.4 is 0 Å². The van der Waals surface area contributed by atoms with Crippen LogP contribution in [0.1, 0.15) is 21.5 Å². The average Bonchev–Trinajstić information content (AvgIpc) is 2.28. The summed E-state index contributed by atoms with van der Waals surface area (Å²) in [7, 11) is 1.48. The molecule has 0 atom stereocenters. The van der Waals surface area contributed by atoms with Crippen LogP contribution in [-0.2, 0) is 10.9 Å². The summed E-state index contributed by atoms with van der Waals surface area (Å²) in [5.41, 5.74) is -0.518. The Bertz CT molecular complexity index is 422. The number of hydrogen-bond donors (Lipinski definition) is 0. The first-order chi connectivity index (χ1) is 7.97. The largest absolute Gasteiger partial charge is 0.416 e. The molecule has 0 fully saturated rings. The number of carbonyl (C=O) groups excluding carboxylic acids is 1. The molecule has 2 nitrogen and oxygen atoms in total. The molecule has 0 amide bonds. The van der Waals surface area contributed by atoms with E-state index in [4.69, 9.17) is 4.74 Å². The van der Waals surface area contributed by atoms with Gasteiger partial charge in [-0.15, -0.1) is 0 Å². The fourth-order valence-electron chi connectivity index (χ4n) is 1.28. The highest BCUT2D eigenvalue weighted by molar-refractivity contribution is 5.77. The second-order valence-corrected chi connectivity index (χ2v) is 3.36. The van der Waals surface area contributed by atoms with Gasteiger partial charge in [-0.25, -0.2) is 0 Å². The molecule has 17 heavy (non-hydrogen) atoms. The lowest BCUT2D eigenvalue weighted by Crippen LogP contribution is -2.06. The number of alkyl halides is 3. The van der Waals surface area contributed by atoms with Crippen LogP contribution in [0.4, 0.5) is 13.2 Å². The Morgan fingerprint density at radius 2 is 1.88 bits per heavy atom. The van der Waals surface area contributed by atoms with Crippen molar-refractivity contribution in [3.63, 3.8) is 0 Å². The van der Waals surface area contributed by atoms with E-state index in [2.05, 4.69) is 0 Å². The molecule has 0 bridgehead atoms. The predicted molar refractivity (Wildman–Crippen MR) is 57.7 cm³/mol. The van der Waals surface area contributed by atoms with E-state index in [0.29, 0.717) is 18.5 Å². The van der Waals surface area contributed by atoms with Crippen LogP contribution in [0.3, 0.4) is 0 Å². The Kier molecular flexibility index (Phi) is 4.45. The summed E-state index contributed by atoms with van der Waals surface area (Å²) in [6, 6.07) is 3.19. The molecule has 0 radical (unpaired) electrons. The molecule has 0 heterocycles. The van der Waals surface area contributed by atoms with Gasteiger partial charge in [-0.3, -0.25) is 4.79 Å². The van der Waals surface area contributed by atoms with Gasteiger partial charge >= 0.3 is 6.18 Å². The number of rotatable bonds is 4. The summed E-state index contributed by atoms with van der Waals surface area (Å²) >= 11 is 0. The van der Waals surface area contributed by atoms with E-state index in [1.54, 1.807) is 6.08 Å². The molecule has 0 spiro atoms. The van der Waals surface area contributed by atoms with Gasteiger partial charge in [-0.05, 0) is 23.8 Å². The van der Waals surface area contributed by atoms with Gasteiger partial charge in [0.25, 0.3) is 0 Å². The lowest BCUT2D eigenvalue weighted by molar-refractivity contribution is -0.137. The SMILES string of the molecule is COC/C=C/c1cc(C=O)cc(C(F)(F)F)c1. The summed E-state index contributed by atoms with van der Waals surface area (Å²) in [6.07, 6.45) is -1.01. The molecule has 5 heteroatoms. The smallest absolute Gasteiger partial charge is 0.381 e. The van der Waals surface area contributed by atoms with Crippen LogP contribution >= 0.6 is 0 Å². The van der Waals surface area contributed by atoms with Gasteiger partial charge in [0, 0.05) is 12.7 Å². The van der Waals surface area contributed by atoms with E-state index < -0.39 is 11.7 Å². The number of aldehydes is 1. The van der Waals surface area contributed by atoms with Crippen LogP contribution in [0, 0.1) is 0 Å². The molecule has 0 saturated carbocycles. The third kappa shape index (κ3) is 4.03. The summed E-state index contributed by atoms with van der Waals surface area (Å²) in [5, 5.41) is 0. The van der Waals surface area contributed by atoms with Crippen molar-refractivity contribution in [2.24, 2.45) is 0 Å². The Hall–Kier alpha value is -1.62. The highest BCUT2D eigenvalue weighted by Crippen LogP contribution is 2.30. The number of ether oxygens (including phenoxy) is 1. The van der Waals surface area contributed by atoms with Gasteiger partial charge in [0.15, 0.2) is 0 Å². The number of methoxy groups -OCH3 is 1. The van der Waals surface area contributed by atoms with Gasteiger partial charge in [0.2, 0.25) is 0 Å². The van der Waals surface area contributed by atoms with Crippen LogP contribution in [-0.4, -0.2) is 20.0 Å². The van der Waals surface area contributed by atoms with Crippen molar-refractivity contribution in [1.82, 2.24) is 0 Å². The number of benzene rings is 1. The predicted octanol–water partition coefficient (Wildman–Crippen LogP) is 3.18. The first-order valence-corrected chi connectivity index (χ1v) is 4.80. The Morgan fingerprint density at radius 1 is 1.24 bits per heavy atom. The number of hydrogen-bond acceptors (Lipinski definition) is 2. The molecular formula is C12H11F3O2. The molecule has 0 aliphatic carbocycles. The average molecular weight is 244 g/mol. The maximum absolute atomic E-state index is 12.5. The monoisotopic (exact) mass is 244 g/mol. The molecule has 1 rings (SSSR count). The minimum Gasteiger partial charge on any atom is -0.381 e. The van der Waals surface area contributed by atoms with Gasteiger partial charge in [0.1, 0.15) is 6.29 Å². The molecular weight excluding hydrogens is 233 g/mol. The molecule has 0 N–H and O–H groups in total. The molecule has 0 aromatic heterocycles. The lowest BCUT2D eigenvalue weighted by atomic mass is 10.1. The second-order valence-electron chi connectivity index (χ2n) is 3.36. The van der Waals surface area contributed by atoms with E-state index in [0.717, 1.165) is 12.1 Å². The fraction of sp³-hybridized carbons (Fsp3) is 0.250. The quantitative estimate of drug-likeness (QED) is 0.760. The third-order valence-corrected chi connectivity index (χ3v) is 2.01. The minimum atomic E-state index is -4.46. The molecule has 1 aromatic carbocycles. The van der Waals surface area contributed by atoms with Crippen molar-refractivity contribution in [2.75, 3.05) is 13.7 Å². The van der Waals surface area contributed by atoms with Crippen LogP contribution in [0.25, 0.3) is 6.08 Å². The van der Waals surface area contributed by atoms with Crippen molar-refractivity contribution in [3.8, 4) is 0 Å². The Balaban J connectivity index is 3.10. The van der Waals surface area contributed by atoms with Crippen molar-refractivity contribution < 1.29 is 22.7 Å². The summed E-state index contributed by atoms with van der Waals surface area (Å²) in [4.78, 5) is 10.6. The Morgan fingerprint density at radius 3 is 2.41 bits per heavy atom. The topological polar surface area (TPSA) is 26.3 Å². The summed E-state index contributed by atoms with van der Waals surface area (Å²) in [5.74, 6) is 0. The molecule has 0 unspecified atom stereocenters. The molecule has 1 aromatic rings. The molecule has 0 aliphatic heterocycles. The lowest BCUT2D eigenvalue weighted by Gasteiger charge is -2.08. The van der Waals surface area contributed by atoms with Crippen molar-refractivity contribution in [1.29, 1.82) is 0 Å². The first-order valence-electron chi connectivity index (χ1n) is 4.80. The number of halogens is 3. The zero-order valence-corrected chi connectivity index (χ0v) is 9.12. The zero-order chi connectivity index (χ0) is 12.9. The summed E-state index contributed by atoms with van der Waals surface area (Å²) < 4.78 is 42.3. The van der Waals surface area contributed by atoms with Crippen LogP contribution in [0.15, 0.2) is 24.3 Å². The zero-order valence-electron chi connectivity index (χ0n) is 9.12. The molecule has 92 valence electrons. The first kappa shape index (κ1) is 13.4. The highest BCUT2D eigenvalue weighted by atomic mass is 19.4. The maximum Gasteiger partial charge on any atom is 0.416 e. The van der Waals surface area contributed by atoms with Gasteiger partial charge in [0.05, 0.1) is 12.2 Å². The molecule has 0 aliphatic rings. The number of carbonyl (C=O) groups is 1. The van der Waals surface area contributed by atoms with Crippen LogP contribution in [0.5, 0.6) is 0 Å². The van der Waals surface area contributed by atoms with Crippen molar-refractivity contribution >= 4 is 12.4 Å². The van der Waals surface area contributed by atoms with E-state index in [1.807, 2.05) is 0 Å². The second kappa shape index (κ2) is 5.63. The third-order valence-electron chi connectivity index (χ3n) is 2.01. The molecule has 0 saturated heterocycles. The van der Waals surface area contributed by atoms with Gasteiger partial charge in [-0.2, -0.15) is 13.2 Å².